The minimum atomic E-state index is -0.441. The number of amides is 1. The molecule has 0 fully saturated rings. The van der Waals surface area contributed by atoms with Crippen molar-refractivity contribution in [1.82, 2.24) is 14.9 Å². The molecule has 0 spiro atoms. The number of para-hydroxylation sites is 1. The normalized spacial score (nSPS) is 15.7. The van der Waals surface area contributed by atoms with E-state index >= 15 is 0 Å². The van der Waals surface area contributed by atoms with E-state index in [1.165, 1.54) is 18.8 Å². The third-order valence-corrected chi connectivity index (χ3v) is 4.52. The number of carbonyl (C=O) groups excluding carboxylic acids is 1. The molecular formula is C19H17N3O4. The van der Waals surface area contributed by atoms with Gasteiger partial charge < -0.3 is 14.8 Å². The number of ether oxygens (including phenoxy) is 2. The number of methoxy groups -OCH3 is 2. The van der Waals surface area contributed by atoms with Gasteiger partial charge in [0.15, 0.2) is 11.5 Å². The zero-order valence-electron chi connectivity index (χ0n) is 14.6. The summed E-state index contributed by atoms with van der Waals surface area (Å²) in [6, 6.07) is 9.89. The maximum atomic E-state index is 13.2. The summed E-state index contributed by atoms with van der Waals surface area (Å²) in [6.07, 6.45) is 0. The molecule has 0 radical (unpaired) electrons. The fraction of sp³-hybridized carbons (Fsp3) is 0.211. The molecule has 0 aliphatic carbocycles. The standard InChI is InChI=1S/C19H17N3O4/c1-10-17-21-13-7-5-4-6-11(13)19(24)22(17)14-9-16(26-3)15(25-2)8-12(14)18(23)20-10/h4-10H,1-3H3,(H,20,23)/t10-/m0/s1. The van der Waals surface area contributed by atoms with Gasteiger partial charge in [0.1, 0.15) is 5.82 Å². The molecule has 4 rings (SSSR count). The Bertz CT molecular complexity index is 1100. The quantitative estimate of drug-likeness (QED) is 0.765. The average Bonchev–Trinajstić information content (AvgIpc) is 2.76. The maximum Gasteiger partial charge on any atom is 0.266 e. The highest BCUT2D eigenvalue weighted by Crippen LogP contribution is 2.34. The highest BCUT2D eigenvalue weighted by Gasteiger charge is 2.28. The molecule has 1 amide bonds. The average molecular weight is 351 g/mol. The van der Waals surface area contributed by atoms with E-state index in [-0.39, 0.29) is 11.5 Å². The van der Waals surface area contributed by atoms with Crippen LogP contribution in [0.1, 0.15) is 29.1 Å². The lowest BCUT2D eigenvalue weighted by molar-refractivity contribution is 0.0941. The van der Waals surface area contributed by atoms with Crippen LogP contribution >= 0.6 is 0 Å². The number of benzene rings is 2. The first kappa shape index (κ1) is 16.1. The van der Waals surface area contributed by atoms with Crippen molar-refractivity contribution in [3.63, 3.8) is 0 Å². The Morgan fingerprint density at radius 2 is 1.77 bits per heavy atom. The van der Waals surface area contributed by atoms with Crippen molar-refractivity contribution in [2.45, 2.75) is 13.0 Å². The van der Waals surface area contributed by atoms with Crippen LogP contribution in [0.3, 0.4) is 0 Å². The molecule has 1 N–H and O–H groups in total. The monoisotopic (exact) mass is 351 g/mol. The van der Waals surface area contributed by atoms with E-state index < -0.39 is 6.04 Å². The molecule has 2 aromatic carbocycles. The zero-order valence-corrected chi connectivity index (χ0v) is 14.6. The molecule has 0 bridgehead atoms. The van der Waals surface area contributed by atoms with Crippen molar-refractivity contribution < 1.29 is 14.3 Å². The summed E-state index contributed by atoms with van der Waals surface area (Å²) in [4.78, 5) is 30.5. The minimum absolute atomic E-state index is 0.234. The van der Waals surface area contributed by atoms with Crippen molar-refractivity contribution in [2.24, 2.45) is 0 Å². The predicted octanol–water partition coefficient (Wildman–Crippen LogP) is 2.21. The fourth-order valence-electron chi connectivity index (χ4n) is 3.25. The van der Waals surface area contributed by atoms with Crippen LogP contribution in [-0.4, -0.2) is 29.7 Å². The molecule has 0 saturated heterocycles. The van der Waals surface area contributed by atoms with Crippen LogP contribution in [0, 0.1) is 0 Å². The number of carbonyl (C=O) groups is 1. The number of fused-ring (bicyclic) bond motifs is 4. The van der Waals surface area contributed by atoms with Crippen LogP contribution in [0.15, 0.2) is 41.2 Å². The molecule has 0 saturated carbocycles. The molecule has 1 atom stereocenters. The van der Waals surface area contributed by atoms with Crippen LogP contribution in [-0.2, 0) is 0 Å². The molecule has 132 valence electrons. The number of hydrogen-bond acceptors (Lipinski definition) is 5. The molecule has 26 heavy (non-hydrogen) atoms. The Morgan fingerprint density at radius 3 is 2.50 bits per heavy atom. The molecule has 3 aromatic rings. The summed E-state index contributed by atoms with van der Waals surface area (Å²) in [7, 11) is 3.00. The Morgan fingerprint density at radius 1 is 1.08 bits per heavy atom. The van der Waals surface area contributed by atoms with E-state index in [4.69, 9.17) is 9.47 Å². The summed E-state index contributed by atoms with van der Waals surface area (Å²) in [5.74, 6) is 1.01. The maximum absolute atomic E-state index is 13.2. The van der Waals surface area contributed by atoms with Crippen molar-refractivity contribution in [1.29, 1.82) is 0 Å². The van der Waals surface area contributed by atoms with Gasteiger partial charge in [-0.2, -0.15) is 0 Å². The second-order valence-electron chi connectivity index (χ2n) is 6.05. The van der Waals surface area contributed by atoms with Gasteiger partial charge in [0.05, 0.1) is 42.4 Å². The summed E-state index contributed by atoms with van der Waals surface area (Å²) in [5.41, 5.74) is 1.10. The Balaban J connectivity index is 2.15. The van der Waals surface area contributed by atoms with Gasteiger partial charge in [-0.05, 0) is 25.1 Å². The van der Waals surface area contributed by atoms with E-state index in [1.807, 2.05) is 6.07 Å². The van der Waals surface area contributed by atoms with Crippen molar-refractivity contribution in [2.75, 3.05) is 14.2 Å². The Labute approximate surface area is 149 Å². The predicted molar refractivity (Wildman–Crippen MR) is 96.3 cm³/mol. The lowest BCUT2D eigenvalue weighted by Crippen LogP contribution is -2.28. The third kappa shape index (κ3) is 2.24. The van der Waals surface area contributed by atoms with E-state index in [2.05, 4.69) is 10.3 Å². The molecule has 2 heterocycles. The molecule has 1 aromatic heterocycles. The van der Waals surface area contributed by atoms with Crippen LogP contribution in [0.2, 0.25) is 0 Å². The van der Waals surface area contributed by atoms with Gasteiger partial charge >= 0.3 is 0 Å². The summed E-state index contributed by atoms with van der Waals surface area (Å²) in [5, 5.41) is 3.36. The molecule has 1 aliphatic rings. The second kappa shape index (κ2) is 5.87. The van der Waals surface area contributed by atoms with Gasteiger partial charge in [0, 0.05) is 6.07 Å². The van der Waals surface area contributed by atoms with Gasteiger partial charge in [-0.25, -0.2) is 4.98 Å². The van der Waals surface area contributed by atoms with Crippen molar-refractivity contribution in [3.05, 3.63) is 58.1 Å². The number of rotatable bonds is 2. The molecule has 0 unspecified atom stereocenters. The SMILES string of the molecule is COc1cc2c(cc1OC)-n1c(nc3ccccc3c1=O)[C@H](C)NC2=O. The smallest absolute Gasteiger partial charge is 0.266 e. The minimum Gasteiger partial charge on any atom is -0.493 e. The largest absolute Gasteiger partial charge is 0.493 e. The number of nitrogens with one attached hydrogen (secondary N) is 1. The van der Waals surface area contributed by atoms with Gasteiger partial charge in [-0.15, -0.1) is 0 Å². The number of aromatic nitrogens is 2. The summed E-state index contributed by atoms with van der Waals surface area (Å²) >= 11 is 0. The van der Waals surface area contributed by atoms with Gasteiger partial charge in [0.2, 0.25) is 0 Å². The zero-order chi connectivity index (χ0) is 18.4. The fourth-order valence-corrected chi connectivity index (χ4v) is 3.25. The third-order valence-electron chi connectivity index (χ3n) is 4.52. The van der Waals surface area contributed by atoms with E-state index in [0.717, 1.165) is 0 Å². The number of nitrogens with zero attached hydrogens (tertiary/aromatic N) is 2. The highest BCUT2D eigenvalue weighted by atomic mass is 16.5. The first-order valence-corrected chi connectivity index (χ1v) is 8.14. The first-order valence-electron chi connectivity index (χ1n) is 8.14. The summed E-state index contributed by atoms with van der Waals surface area (Å²) < 4.78 is 12.1. The Hall–Kier alpha value is -3.35. The van der Waals surface area contributed by atoms with Crippen molar-refractivity contribution >= 4 is 16.8 Å². The first-order chi connectivity index (χ1) is 12.5. The van der Waals surface area contributed by atoms with Crippen molar-refractivity contribution in [3.8, 4) is 17.2 Å². The van der Waals surface area contributed by atoms with E-state index in [0.29, 0.717) is 39.5 Å². The molecule has 1 aliphatic heterocycles. The lowest BCUT2D eigenvalue weighted by atomic mass is 10.1. The van der Waals surface area contributed by atoms with E-state index in [1.54, 1.807) is 37.3 Å². The summed E-state index contributed by atoms with van der Waals surface area (Å²) in [6.45, 7) is 1.80. The Kier molecular flexibility index (Phi) is 3.64. The molecular weight excluding hydrogens is 334 g/mol. The van der Waals surface area contributed by atoms with Gasteiger partial charge in [-0.1, -0.05) is 12.1 Å². The van der Waals surface area contributed by atoms with Gasteiger partial charge in [-0.3, -0.25) is 14.2 Å². The lowest BCUT2D eigenvalue weighted by Gasteiger charge is -2.16. The second-order valence-corrected chi connectivity index (χ2v) is 6.05. The highest BCUT2D eigenvalue weighted by molar-refractivity contribution is 5.99. The topological polar surface area (TPSA) is 82.4 Å². The van der Waals surface area contributed by atoms with Crippen LogP contribution in [0.5, 0.6) is 11.5 Å². The van der Waals surface area contributed by atoms with Crippen LogP contribution in [0.4, 0.5) is 0 Å². The number of hydrogen-bond donors (Lipinski definition) is 1. The molecule has 7 heteroatoms. The van der Waals surface area contributed by atoms with Crippen LogP contribution in [0.25, 0.3) is 16.6 Å². The van der Waals surface area contributed by atoms with E-state index in [9.17, 15) is 9.59 Å². The van der Waals surface area contributed by atoms with Crippen LogP contribution < -0.4 is 20.3 Å². The molecule has 7 nitrogen and oxygen atoms in total. The van der Waals surface area contributed by atoms with Gasteiger partial charge in [0.25, 0.3) is 11.5 Å².